The quantitative estimate of drug-likeness (QED) is 0.546. The molecule has 8 nitrogen and oxygen atoms in total. The summed E-state index contributed by atoms with van der Waals surface area (Å²) in [5.74, 6) is 0.668. The highest BCUT2D eigenvalue weighted by atomic mass is 16.5. The van der Waals surface area contributed by atoms with Gasteiger partial charge in [-0.2, -0.15) is 0 Å². The topological polar surface area (TPSA) is 95.0 Å². The number of carbonyl (C=O) groups is 1. The first-order valence-corrected chi connectivity index (χ1v) is 9.11. The molecule has 0 aliphatic heterocycles. The molecule has 1 N–H and O–H groups in total. The van der Waals surface area contributed by atoms with Crippen molar-refractivity contribution in [2.24, 2.45) is 0 Å². The predicted molar refractivity (Wildman–Crippen MR) is 106 cm³/mol. The lowest BCUT2D eigenvalue weighted by Gasteiger charge is -2.05. The lowest BCUT2D eigenvalue weighted by atomic mass is 10.2. The molecule has 0 fully saturated rings. The van der Waals surface area contributed by atoms with Crippen molar-refractivity contribution in [3.8, 4) is 17.1 Å². The molecule has 0 bridgehead atoms. The minimum atomic E-state index is -0.388. The number of nitrogens with zero attached hydrogens (tertiary/aromatic N) is 4. The minimum Gasteiger partial charge on any atom is -0.359 e. The second-order valence-electron chi connectivity index (χ2n) is 6.51. The van der Waals surface area contributed by atoms with Crippen molar-refractivity contribution < 1.29 is 9.32 Å². The highest BCUT2D eigenvalue weighted by Gasteiger charge is 2.18. The summed E-state index contributed by atoms with van der Waals surface area (Å²) in [4.78, 5) is 25.4. The standard InChI is InChI=1S/C21H19N5O3/c1-15-12-18(29-24-15)13-22-19(27)14-25-21(28)26(17-10-6-3-7-11-17)20(23-25)16-8-4-2-5-9-16/h2-12H,13-14H2,1H3,(H,22,27). The van der Waals surface area contributed by atoms with E-state index >= 15 is 0 Å². The Labute approximate surface area is 166 Å². The van der Waals surface area contributed by atoms with E-state index in [4.69, 9.17) is 4.52 Å². The molecule has 0 aliphatic rings. The van der Waals surface area contributed by atoms with Crippen molar-refractivity contribution in [2.45, 2.75) is 20.0 Å². The van der Waals surface area contributed by atoms with E-state index in [2.05, 4.69) is 15.6 Å². The summed E-state index contributed by atoms with van der Waals surface area (Å²) in [5, 5.41) is 10.9. The molecule has 8 heteroatoms. The summed E-state index contributed by atoms with van der Waals surface area (Å²) in [6, 6.07) is 20.3. The Hall–Kier alpha value is -3.94. The van der Waals surface area contributed by atoms with E-state index in [0.717, 1.165) is 15.9 Å². The first-order valence-electron chi connectivity index (χ1n) is 9.11. The van der Waals surface area contributed by atoms with E-state index < -0.39 is 0 Å². The Bertz CT molecular complexity index is 1180. The summed E-state index contributed by atoms with van der Waals surface area (Å²) in [7, 11) is 0. The maximum Gasteiger partial charge on any atom is 0.351 e. The number of hydrogen-bond donors (Lipinski definition) is 1. The Balaban J connectivity index is 1.63. The molecule has 29 heavy (non-hydrogen) atoms. The van der Waals surface area contributed by atoms with Crippen LogP contribution in [0.4, 0.5) is 0 Å². The number of hydrogen-bond acceptors (Lipinski definition) is 5. The second-order valence-corrected chi connectivity index (χ2v) is 6.51. The van der Waals surface area contributed by atoms with Crippen LogP contribution in [0.5, 0.6) is 0 Å². The van der Waals surface area contributed by atoms with Crippen LogP contribution in [0.3, 0.4) is 0 Å². The van der Waals surface area contributed by atoms with Gasteiger partial charge in [-0.05, 0) is 19.1 Å². The minimum absolute atomic E-state index is 0.194. The van der Waals surface area contributed by atoms with Crippen LogP contribution in [0.25, 0.3) is 17.1 Å². The highest BCUT2D eigenvalue weighted by Crippen LogP contribution is 2.18. The van der Waals surface area contributed by atoms with Crippen LogP contribution in [0.15, 0.2) is 76.0 Å². The lowest BCUT2D eigenvalue weighted by molar-refractivity contribution is -0.122. The van der Waals surface area contributed by atoms with Crippen LogP contribution in [-0.2, 0) is 17.9 Å². The van der Waals surface area contributed by atoms with E-state index in [1.807, 2.05) is 60.7 Å². The van der Waals surface area contributed by atoms with Crippen LogP contribution in [-0.4, -0.2) is 25.4 Å². The molecule has 4 rings (SSSR count). The van der Waals surface area contributed by atoms with Gasteiger partial charge in [-0.3, -0.25) is 4.79 Å². The van der Waals surface area contributed by atoms with Crippen molar-refractivity contribution in [1.82, 2.24) is 24.8 Å². The molecule has 0 radical (unpaired) electrons. The zero-order chi connectivity index (χ0) is 20.2. The summed E-state index contributed by atoms with van der Waals surface area (Å²) in [5.41, 5.74) is 1.81. The van der Waals surface area contributed by atoms with E-state index in [1.54, 1.807) is 13.0 Å². The Morgan fingerprint density at radius 2 is 1.76 bits per heavy atom. The third kappa shape index (κ3) is 4.01. The van der Waals surface area contributed by atoms with Gasteiger partial charge in [-0.1, -0.05) is 53.7 Å². The largest absolute Gasteiger partial charge is 0.359 e. The number of aryl methyl sites for hydroxylation is 1. The van der Waals surface area contributed by atoms with E-state index in [0.29, 0.717) is 17.3 Å². The number of nitrogens with one attached hydrogen (secondary N) is 1. The first kappa shape index (κ1) is 18.4. The van der Waals surface area contributed by atoms with Crippen LogP contribution in [0.2, 0.25) is 0 Å². The SMILES string of the molecule is Cc1cc(CNC(=O)Cn2nc(-c3ccccc3)n(-c3ccccc3)c2=O)on1. The fourth-order valence-electron chi connectivity index (χ4n) is 2.97. The van der Waals surface area contributed by atoms with E-state index in [9.17, 15) is 9.59 Å². The number of para-hydroxylation sites is 1. The molecule has 0 atom stereocenters. The zero-order valence-corrected chi connectivity index (χ0v) is 15.8. The number of aromatic nitrogens is 4. The van der Waals surface area contributed by atoms with Gasteiger partial charge in [0.15, 0.2) is 11.6 Å². The lowest BCUT2D eigenvalue weighted by Crippen LogP contribution is -2.33. The smallest absolute Gasteiger partial charge is 0.351 e. The molecular formula is C21H19N5O3. The van der Waals surface area contributed by atoms with E-state index in [-0.39, 0.29) is 24.7 Å². The average molecular weight is 389 g/mol. The molecule has 0 spiro atoms. The normalized spacial score (nSPS) is 10.8. The Kier molecular flexibility index (Phi) is 5.07. The Morgan fingerprint density at radius 3 is 2.41 bits per heavy atom. The van der Waals surface area contributed by atoms with Gasteiger partial charge in [0, 0.05) is 11.6 Å². The summed E-state index contributed by atoms with van der Waals surface area (Å²) >= 11 is 0. The van der Waals surface area contributed by atoms with E-state index in [1.165, 1.54) is 4.57 Å². The highest BCUT2D eigenvalue weighted by molar-refractivity contribution is 5.75. The Morgan fingerprint density at radius 1 is 1.07 bits per heavy atom. The van der Waals surface area contributed by atoms with Gasteiger partial charge in [-0.15, -0.1) is 5.10 Å². The third-order valence-corrected chi connectivity index (χ3v) is 4.32. The molecule has 146 valence electrons. The maximum atomic E-state index is 13.0. The monoisotopic (exact) mass is 389 g/mol. The van der Waals surface area contributed by atoms with Gasteiger partial charge in [0.25, 0.3) is 0 Å². The van der Waals surface area contributed by atoms with Gasteiger partial charge in [0.05, 0.1) is 17.9 Å². The van der Waals surface area contributed by atoms with Gasteiger partial charge < -0.3 is 9.84 Å². The number of carbonyl (C=O) groups excluding carboxylic acids is 1. The second kappa shape index (κ2) is 7.97. The number of benzene rings is 2. The van der Waals surface area contributed by atoms with Crippen LogP contribution >= 0.6 is 0 Å². The molecule has 4 aromatic rings. The van der Waals surface area contributed by atoms with Crippen LogP contribution in [0.1, 0.15) is 11.5 Å². The number of amides is 1. The van der Waals surface area contributed by atoms with Gasteiger partial charge in [0.2, 0.25) is 5.91 Å². The van der Waals surface area contributed by atoms with Crippen molar-refractivity contribution in [3.63, 3.8) is 0 Å². The van der Waals surface area contributed by atoms with Crippen molar-refractivity contribution in [3.05, 3.63) is 88.7 Å². The third-order valence-electron chi connectivity index (χ3n) is 4.32. The fourth-order valence-corrected chi connectivity index (χ4v) is 2.97. The fraction of sp³-hybridized carbons (Fsp3) is 0.143. The molecule has 1 amide bonds. The number of rotatable bonds is 6. The van der Waals surface area contributed by atoms with Gasteiger partial charge in [0.1, 0.15) is 6.54 Å². The predicted octanol–water partition coefficient (Wildman–Crippen LogP) is 2.31. The summed E-state index contributed by atoms with van der Waals surface area (Å²) < 4.78 is 7.74. The molecule has 0 aliphatic carbocycles. The molecule has 2 aromatic heterocycles. The molecule has 2 heterocycles. The first-order chi connectivity index (χ1) is 14.1. The summed E-state index contributed by atoms with van der Waals surface area (Å²) in [6.07, 6.45) is 0. The molecule has 0 saturated carbocycles. The maximum absolute atomic E-state index is 13.0. The van der Waals surface area contributed by atoms with Crippen molar-refractivity contribution >= 4 is 5.91 Å². The van der Waals surface area contributed by atoms with Crippen LogP contribution < -0.4 is 11.0 Å². The van der Waals surface area contributed by atoms with Crippen molar-refractivity contribution in [1.29, 1.82) is 0 Å². The van der Waals surface area contributed by atoms with Gasteiger partial charge >= 0.3 is 5.69 Å². The average Bonchev–Trinajstić information content (AvgIpc) is 3.31. The molecule has 0 saturated heterocycles. The van der Waals surface area contributed by atoms with Crippen molar-refractivity contribution in [2.75, 3.05) is 0 Å². The zero-order valence-electron chi connectivity index (χ0n) is 15.8. The molecular weight excluding hydrogens is 370 g/mol. The van der Waals surface area contributed by atoms with Crippen LogP contribution in [0, 0.1) is 6.92 Å². The summed E-state index contributed by atoms with van der Waals surface area (Å²) in [6.45, 7) is 1.79. The molecule has 2 aromatic carbocycles. The molecule has 0 unspecified atom stereocenters. The van der Waals surface area contributed by atoms with Gasteiger partial charge in [-0.25, -0.2) is 14.0 Å².